The van der Waals surface area contributed by atoms with Gasteiger partial charge in [0.25, 0.3) is 0 Å². The van der Waals surface area contributed by atoms with E-state index in [1.165, 1.54) is 24.3 Å². The Balaban J connectivity index is 2.07. The first-order chi connectivity index (χ1) is 16.0. The topological polar surface area (TPSA) is 228 Å². The zero-order chi connectivity index (χ0) is 25.4. The molecule has 1 fully saturated rings. The molecular formula is C20H30N6O8. The van der Waals surface area contributed by atoms with Gasteiger partial charge in [-0.3, -0.25) is 19.2 Å². The molecule has 1 saturated heterocycles. The van der Waals surface area contributed by atoms with E-state index in [-0.39, 0.29) is 32.2 Å². The molecule has 14 heteroatoms. The quantitative estimate of drug-likeness (QED) is 0.166. The Kier molecular flexibility index (Phi) is 9.50. The molecule has 1 aromatic rings. The smallest absolute Gasteiger partial charge is 0.326 e. The number of aliphatic hydroxyl groups excluding tert-OH is 1. The van der Waals surface area contributed by atoms with Crippen LogP contribution in [-0.4, -0.2) is 96.7 Å². The molecule has 2 heterocycles. The number of likely N-dealkylation sites (tertiary alicyclic amines) is 1. The van der Waals surface area contributed by atoms with Crippen LogP contribution in [0, 0.1) is 0 Å². The first-order valence-electron chi connectivity index (χ1n) is 10.8. The van der Waals surface area contributed by atoms with Gasteiger partial charge < -0.3 is 41.6 Å². The number of nitrogens with two attached hydrogens (primary N) is 1. The van der Waals surface area contributed by atoms with Gasteiger partial charge in [0.2, 0.25) is 17.7 Å². The summed E-state index contributed by atoms with van der Waals surface area (Å²) in [6.45, 7) is 1.45. The van der Waals surface area contributed by atoms with Crippen LogP contribution in [0.15, 0.2) is 12.5 Å². The number of carbonyl (C=O) groups is 5. The molecule has 0 radical (unpaired) electrons. The second-order valence-corrected chi connectivity index (χ2v) is 8.14. The summed E-state index contributed by atoms with van der Waals surface area (Å²) in [6, 6.07) is -4.88. The number of carbonyl (C=O) groups excluding carboxylic acids is 3. The minimum atomic E-state index is -1.42. The monoisotopic (exact) mass is 482 g/mol. The van der Waals surface area contributed by atoms with Gasteiger partial charge in [-0.1, -0.05) is 0 Å². The van der Waals surface area contributed by atoms with Crippen molar-refractivity contribution in [3.63, 3.8) is 0 Å². The van der Waals surface area contributed by atoms with Crippen LogP contribution in [0.4, 0.5) is 0 Å². The lowest BCUT2D eigenvalue weighted by Crippen LogP contribution is -2.59. The summed E-state index contributed by atoms with van der Waals surface area (Å²) in [5.74, 6) is -4.61. The van der Waals surface area contributed by atoms with Crippen molar-refractivity contribution in [3.05, 3.63) is 18.2 Å². The molecule has 5 unspecified atom stereocenters. The van der Waals surface area contributed by atoms with E-state index in [4.69, 9.17) is 10.8 Å². The second-order valence-electron chi connectivity index (χ2n) is 8.14. The molecular weight excluding hydrogens is 452 g/mol. The fourth-order valence-electron chi connectivity index (χ4n) is 3.62. The lowest BCUT2D eigenvalue weighted by atomic mass is 10.1. The molecule has 0 saturated carbocycles. The van der Waals surface area contributed by atoms with Crippen molar-refractivity contribution in [1.29, 1.82) is 0 Å². The van der Waals surface area contributed by atoms with Crippen LogP contribution >= 0.6 is 0 Å². The number of aliphatic carboxylic acids is 2. The minimum absolute atomic E-state index is 0.0394. The lowest BCUT2D eigenvalue weighted by molar-refractivity contribution is -0.146. The molecule has 8 N–H and O–H groups in total. The number of carboxylic acid groups (broad SMARTS) is 2. The maximum Gasteiger partial charge on any atom is 0.326 e. The predicted molar refractivity (Wildman–Crippen MR) is 115 cm³/mol. The molecule has 14 nitrogen and oxygen atoms in total. The number of aromatic nitrogens is 2. The highest BCUT2D eigenvalue weighted by atomic mass is 16.4. The van der Waals surface area contributed by atoms with Gasteiger partial charge in [0.15, 0.2) is 0 Å². The number of H-pyrrole nitrogens is 1. The van der Waals surface area contributed by atoms with Crippen LogP contribution in [0.2, 0.25) is 0 Å². The van der Waals surface area contributed by atoms with Crippen LogP contribution in [0.25, 0.3) is 0 Å². The van der Waals surface area contributed by atoms with E-state index < -0.39 is 59.9 Å². The van der Waals surface area contributed by atoms with Gasteiger partial charge in [0.05, 0.1) is 18.5 Å². The Morgan fingerprint density at radius 1 is 1.26 bits per heavy atom. The average molecular weight is 482 g/mol. The van der Waals surface area contributed by atoms with E-state index in [0.29, 0.717) is 12.1 Å². The molecule has 0 spiro atoms. The van der Waals surface area contributed by atoms with E-state index >= 15 is 0 Å². The lowest BCUT2D eigenvalue weighted by Gasteiger charge is -2.31. The van der Waals surface area contributed by atoms with Gasteiger partial charge in [0.1, 0.15) is 18.1 Å². The van der Waals surface area contributed by atoms with E-state index in [2.05, 4.69) is 20.6 Å². The fraction of sp³-hybridized carbons (Fsp3) is 0.600. The van der Waals surface area contributed by atoms with Crippen LogP contribution in [0.3, 0.4) is 0 Å². The highest BCUT2D eigenvalue weighted by Crippen LogP contribution is 2.20. The molecule has 34 heavy (non-hydrogen) atoms. The standard InChI is InChI=1S/C20H30N6O8/c1-10(27)16(25-17(30)12(21)4-5-15(28)29)19(32)26-6-2-3-14(26)18(31)24-13(20(33)34)7-11-8-22-9-23-11/h8-10,12-14,16,27H,2-7,21H2,1H3,(H,22,23)(H,24,31)(H,25,30)(H,28,29)(H,33,34). The number of carboxylic acids is 2. The van der Waals surface area contributed by atoms with E-state index in [0.717, 1.165) is 0 Å². The van der Waals surface area contributed by atoms with Gasteiger partial charge in [-0.25, -0.2) is 9.78 Å². The molecule has 1 aliphatic heterocycles. The Morgan fingerprint density at radius 3 is 2.53 bits per heavy atom. The number of nitrogens with one attached hydrogen (secondary N) is 3. The summed E-state index contributed by atoms with van der Waals surface area (Å²) in [6.07, 6.45) is 1.66. The van der Waals surface area contributed by atoms with Gasteiger partial charge in [-0.05, 0) is 26.2 Å². The van der Waals surface area contributed by atoms with Crippen LogP contribution in [-0.2, 0) is 30.4 Å². The fourth-order valence-corrected chi connectivity index (χ4v) is 3.62. The zero-order valence-corrected chi connectivity index (χ0v) is 18.6. The van der Waals surface area contributed by atoms with Crippen molar-refractivity contribution in [2.45, 2.75) is 69.3 Å². The molecule has 1 aromatic heterocycles. The maximum absolute atomic E-state index is 13.1. The number of hydrogen-bond donors (Lipinski definition) is 7. The third-order valence-corrected chi connectivity index (χ3v) is 5.48. The number of hydrogen-bond acceptors (Lipinski definition) is 8. The van der Waals surface area contributed by atoms with Crippen molar-refractivity contribution >= 4 is 29.7 Å². The molecule has 2 rings (SSSR count). The number of rotatable bonds is 12. The molecule has 0 aromatic carbocycles. The van der Waals surface area contributed by atoms with E-state index in [1.54, 1.807) is 0 Å². The third kappa shape index (κ3) is 7.25. The molecule has 1 aliphatic rings. The molecule has 3 amide bonds. The van der Waals surface area contributed by atoms with Crippen molar-refractivity contribution < 1.29 is 39.3 Å². The first-order valence-corrected chi connectivity index (χ1v) is 10.8. The Hall–Kier alpha value is -3.52. The van der Waals surface area contributed by atoms with Crippen LogP contribution in [0.1, 0.15) is 38.3 Å². The van der Waals surface area contributed by atoms with Gasteiger partial charge in [-0.15, -0.1) is 0 Å². The molecule has 0 aliphatic carbocycles. The van der Waals surface area contributed by atoms with Gasteiger partial charge in [0, 0.05) is 31.3 Å². The number of nitrogens with zero attached hydrogens (tertiary/aromatic N) is 2. The zero-order valence-electron chi connectivity index (χ0n) is 18.6. The summed E-state index contributed by atoms with van der Waals surface area (Å²) < 4.78 is 0. The van der Waals surface area contributed by atoms with Crippen molar-refractivity contribution in [2.24, 2.45) is 5.73 Å². The van der Waals surface area contributed by atoms with E-state index in [1.807, 2.05) is 0 Å². The largest absolute Gasteiger partial charge is 0.481 e. The summed E-state index contributed by atoms with van der Waals surface area (Å²) in [5.41, 5.74) is 6.18. The first kappa shape index (κ1) is 26.7. The predicted octanol–water partition coefficient (Wildman–Crippen LogP) is -2.43. The normalized spacial score (nSPS) is 19.0. The summed E-state index contributed by atoms with van der Waals surface area (Å²) in [5, 5.41) is 33.1. The summed E-state index contributed by atoms with van der Waals surface area (Å²) in [4.78, 5) is 68.3. The van der Waals surface area contributed by atoms with Crippen molar-refractivity contribution in [2.75, 3.05) is 6.54 Å². The highest BCUT2D eigenvalue weighted by Gasteiger charge is 2.40. The third-order valence-electron chi connectivity index (χ3n) is 5.48. The molecule has 5 atom stereocenters. The SMILES string of the molecule is CC(O)C(NC(=O)C(N)CCC(=O)O)C(=O)N1CCCC1C(=O)NC(Cc1cnc[nH]1)C(=O)O. The highest BCUT2D eigenvalue weighted by molar-refractivity contribution is 5.94. The van der Waals surface area contributed by atoms with Crippen molar-refractivity contribution in [3.8, 4) is 0 Å². The second kappa shape index (κ2) is 12.1. The van der Waals surface area contributed by atoms with Crippen molar-refractivity contribution in [1.82, 2.24) is 25.5 Å². The van der Waals surface area contributed by atoms with Crippen LogP contribution < -0.4 is 16.4 Å². The number of amides is 3. The minimum Gasteiger partial charge on any atom is -0.481 e. The molecule has 0 bridgehead atoms. The van der Waals surface area contributed by atoms with Gasteiger partial charge >= 0.3 is 11.9 Å². The average Bonchev–Trinajstić information content (AvgIpc) is 3.46. The number of aliphatic hydroxyl groups is 1. The Morgan fingerprint density at radius 2 is 1.97 bits per heavy atom. The Bertz CT molecular complexity index is 890. The molecule has 188 valence electrons. The maximum atomic E-state index is 13.1. The Labute approximate surface area is 194 Å². The number of imidazole rings is 1. The number of aromatic amines is 1. The summed E-state index contributed by atoms with van der Waals surface area (Å²) in [7, 11) is 0. The van der Waals surface area contributed by atoms with E-state index in [9.17, 15) is 34.2 Å². The van der Waals surface area contributed by atoms with Crippen LogP contribution in [0.5, 0.6) is 0 Å². The summed E-state index contributed by atoms with van der Waals surface area (Å²) >= 11 is 0. The van der Waals surface area contributed by atoms with Gasteiger partial charge in [-0.2, -0.15) is 0 Å².